The minimum Gasteiger partial charge on any atom is -0.478 e. The number of aromatic nitrogens is 2. The van der Waals surface area contributed by atoms with Gasteiger partial charge in [0.1, 0.15) is 23.1 Å². The topological polar surface area (TPSA) is 111 Å². The number of hydrogen-bond donors (Lipinski definition) is 3. The average Bonchev–Trinajstić information content (AvgIpc) is 2.81. The summed E-state index contributed by atoms with van der Waals surface area (Å²) < 4.78 is 44.2. The molecule has 188 valence electrons. The molecule has 3 N–H and O–H groups in total. The number of hydrogen-bond acceptors (Lipinski definition) is 6. The molecule has 9 nitrogen and oxygen atoms in total. The number of carboxylic acid groups (broad SMARTS) is 1. The second-order valence-corrected chi connectivity index (χ2v) is 8.43. The van der Waals surface area contributed by atoms with E-state index >= 15 is 0 Å². The summed E-state index contributed by atoms with van der Waals surface area (Å²) in [6.07, 6.45) is 0. The van der Waals surface area contributed by atoms with Crippen LogP contribution in [0.15, 0.2) is 30.3 Å². The maximum atomic E-state index is 14.7. The highest BCUT2D eigenvalue weighted by Gasteiger charge is 2.34. The molecule has 1 aliphatic heterocycles. The van der Waals surface area contributed by atoms with Gasteiger partial charge in [-0.25, -0.2) is 32.6 Å². The number of rotatable bonds is 7. The van der Waals surface area contributed by atoms with Crippen molar-refractivity contribution >= 4 is 29.5 Å². The van der Waals surface area contributed by atoms with Crippen molar-refractivity contribution in [1.82, 2.24) is 20.2 Å². The van der Waals surface area contributed by atoms with Gasteiger partial charge >= 0.3 is 12.0 Å². The first-order valence-corrected chi connectivity index (χ1v) is 10.9. The normalized spacial score (nSPS) is 13.0. The van der Waals surface area contributed by atoms with Crippen molar-refractivity contribution in [2.24, 2.45) is 0 Å². The number of carboxylic acids is 1. The molecule has 1 aliphatic rings. The molecule has 12 heteroatoms. The fourth-order valence-corrected chi connectivity index (χ4v) is 3.81. The molecular weight excluding hydrogens is 477 g/mol. The minimum absolute atomic E-state index is 0.0163. The van der Waals surface area contributed by atoms with Crippen LogP contribution in [-0.4, -0.2) is 59.2 Å². The Balaban J connectivity index is 1.98. The van der Waals surface area contributed by atoms with E-state index in [0.717, 1.165) is 23.1 Å². The molecule has 0 unspecified atom stereocenters. The first kappa shape index (κ1) is 24.9. The zero-order valence-corrected chi connectivity index (χ0v) is 19.7. The molecule has 0 atom stereocenters. The molecule has 0 radical (unpaired) electrons. The maximum Gasteiger partial charge on any atom is 0.335 e. The van der Waals surface area contributed by atoms with Crippen LogP contribution in [0.5, 0.6) is 0 Å². The smallest absolute Gasteiger partial charge is 0.335 e. The first-order valence-electron chi connectivity index (χ1n) is 10.9. The molecule has 1 aromatic heterocycles. The van der Waals surface area contributed by atoms with Crippen molar-refractivity contribution in [2.75, 3.05) is 37.4 Å². The van der Waals surface area contributed by atoms with Gasteiger partial charge in [-0.3, -0.25) is 0 Å². The van der Waals surface area contributed by atoms with Gasteiger partial charge in [-0.2, -0.15) is 4.98 Å². The number of nitrogens with zero attached hydrogens (tertiary/aromatic N) is 4. The number of nitrogens with one attached hydrogen (secondary N) is 2. The SMILES string of the molecule is Cc1c(F)cc(C(=O)O)cc1-c1nc(NCCN(C)C)nc2c1CNC(=O)N2c1c(F)cccc1F. The molecule has 2 aromatic carbocycles. The van der Waals surface area contributed by atoms with E-state index in [1.807, 2.05) is 19.0 Å². The third kappa shape index (κ3) is 4.67. The number of carbonyl (C=O) groups is 2. The van der Waals surface area contributed by atoms with Crippen molar-refractivity contribution in [3.8, 4) is 11.3 Å². The molecule has 0 spiro atoms. The van der Waals surface area contributed by atoms with Crippen LogP contribution in [0.2, 0.25) is 0 Å². The Morgan fingerprint density at radius 3 is 2.50 bits per heavy atom. The summed E-state index contributed by atoms with van der Waals surface area (Å²) in [4.78, 5) is 36.0. The lowest BCUT2D eigenvalue weighted by atomic mass is 9.97. The summed E-state index contributed by atoms with van der Waals surface area (Å²) in [7, 11) is 3.72. The first-order chi connectivity index (χ1) is 17.1. The number of anilines is 3. The Hall–Kier alpha value is -4.19. The standard InChI is InChI=1S/C24H23F3N6O3/c1-12-14(9-13(22(34)35)10-18(12)27)19-15-11-29-24(36)33(20-16(25)5-4-6-17(20)26)21(15)31-23(30-19)28-7-8-32(2)3/h4-6,9-10H,7-8,11H2,1-3H3,(H,29,36)(H,34,35)(H,28,30,31). The van der Waals surface area contributed by atoms with Gasteiger partial charge in [0, 0.05) is 24.2 Å². The number of urea groups is 1. The number of likely N-dealkylation sites (N-methyl/N-ethyl adjacent to an activating group) is 1. The van der Waals surface area contributed by atoms with E-state index < -0.39 is 35.1 Å². The highest BCUT2D eigenvalue weighted by molar-refractivity contribution is 6.02. The summed E-state index contributed by atoms with van der Waals surface area (Å²) in [5.74, 6) is -4.18. The molecule has 0 saturated carbocycles. The van der Waals surface area contributed by atoms with E-state index in [9.17, 15) is 27.9 Å². The van der Waals surface area contributed by atoms with E-state index in [1.165, 1.54) is 19.1 Å². The van der Waals surface area contributed by atoms with Gasteiger partial charge in [0.05, 0.1) is 17.8 Å². The lowest BCUT2D eigenvalue weighted by Crippen LogP contribution is -2.43. The molecule has 4 rings (SSSR count). The molecule has 0 fully saturated rings. The molecule has 3 aromatic rings. The van der Waals surface area contributed by atoms with Gasteiger partial charge in [0.15, 0.2) is 5.82 Å². The Morgan fingerprint density at radius 2 is 1.86 bits per heavy atom. The molecular formula is C24H23F3N6O3. The van der Waals surface area contributed by atoms with Crippen LogP contribution >= 0.6 is 0 Å². The van der Waals surface area contributed by atoms with Crippen LogP contribution in [0.25, 0.3) is 11.3 Å². The summed E-state index contributed by atoms with van der Waals surface area (Å²) in [6, 6.07) is 4.52. The van der Waals surface area contributed by atoms with Crippen molar-refractivity contribution < 1.29 is 27.9 Å². The van der Waals surface area contributed by atoms with E-state index in [1.54, 1.807) is 0 Å². The zero-order valence-electron chi connectivity index (χ0n) is 19.7. The van der Waals surface area contributed by atoms with Gasteiger partial charge in [0.2, 0.25) is 5.95 Å². The lowest BCUT2D eigenvalue weighted by molar-refractivity contribution is 0.0696. The van der Waals surface area contributed by atoms with Crippen LogP contribution in [0.1, 0.15) is 21.5 Å². The minimum atomic E-state index is -1.34. The maximum absolute atomic E-state index is 14.7. The van der Waals surface area contributed by atoms with Gasteiger partial charge in [-0.1, -0.05) is 6.07 Å². The molecule has 0 saturated heterocycles. The predicted molar refractivity (Wildman–Crippen MR) is 127 cm³/mol. The van der Waals surface area contributed by atoms with E-state index in [0.29, 0.717) is 13.1 Å². The van der Waals surface area contributed by atoms with Crippen LogP contribution in [0, 0.1) is 24.4 Å². The van der Waals surface area contributed by atoms with E-state index in [2.05, 4.69) is 20.6 Å². The number of para-hydroxylation sites is 1. The van der Waals surface area contributed by atoms with Crippen molar-refractivity contribution in [1.29, 1.82) is 0 Å². The van der Waals surface area contributed by atoms with Crippen LogP contribution in [0.4, 0.5) is 35.4 Å². The second-order valence-electron chi connectivity index (χ2n) is 8.43. The van der Waals surface area contributed by atoms with Crippen molar-refractivity contribution in [3.05, 3.63) is 64.5 Å². The third-order valence-corrected chi connectivity index (χ3v) is 5.67. The van der Waals surface area contributed by atoms with Gasteiger partial charge in [0.25, 0.3) is 0 Å². The Kier molecular flexibility index (Phi) is 6.80. The monoisotopic (exact) mass is 500 g/mol. The quantitative estimate of drug-likeness (QED) is 0.451. The molecule has 2 heterocycles. The highest BCUT2D eigenvalue weighted by atomic mass is 19.1. The number of benzene rings is 2. The largest absolute Gasteiger partial charge is 0.478 e. The fourth-order valence-electron chi connectivity index (χ4n) is 3.81. The number of fused-ring (bicyclic) bond motifs is 1. The molecule has 36 heavy (non-hydrogen) atoms. The third-order valence-electron chi connectivity index (χ3n) is 5.67. The Morgan fingerprint density at radius 1 is 1.17 bits per heavy atom. The predicted octanol–water partition coefficient (Wildman–Crippen LogP) is 3.90. The van der Waals surface area contributed by atoms with Gasteiger partial charge in [-0.05, 0) is 50.8 Å². The lowest BCUT2D eigenvalue weighted by Gasteiger charge is -2.31. The number of carbonyl (C=O) groups excluding carboxylic acids is 1. The van der Waals surface area contributed by atoms with Gasteiger partial charge in [-0.15, -0.1) is 0 Å². The number of halogens is 3. The molecule has 0 aliphatic carbocycles. The average molecular weight is 500 g/mol. The van der Waals surface area contributed by atoms with Crippen LogP contribution in [-0.2, 0) is 6.54 Å². The summed E-state index contributed by atoms with van der Waals surface area (Å²) in [5.41, 5.74) is -0.331. The fraction of sp³-hybridized carbons (Fsp3) is 0.250. The number of aromatic carboxylic acids is 1. The highest BCUT2D eigenvalue weighted by Crippen LogP contribution is 2.39. The summed E-state index contributed by atoms with van der Waals surface area (Å²) in [6.45, 7) is 2.30. The van der Waals surface area contributed by atoms with Crippen molar-refractivity contribution in [3.63, 3.8) is 0 Å². The molecule has 0 bridgehead atoms. The second kappa shape index (κ2) is 9.82. The summed E-state index contributed by atoms with van der Waals surface area (Å²) in [5, 5.41) is 15.0. The van der Waals surface area contributed by atoms with Crippen molar-refractivity contribution in [2.45, 2.75) is 13.5 Å². The van der Waals surface area contributed by atoms with E-state index in [-0.39, 0.29) is 46.3 Å². The Bertz CT molecular complexity index is 1350. The molecule has 2 amide bonds. The Labute approximate surface area is 204 Å². The van der Waals surface area contributed by atoms with Crippen LogP contribution < -0.4 is 15.5 Å². The van der Waals surface area contributed by atoms with Gasteiger partial charge < -0.3 is 20.6 Å². The number of amides is 2. The van der Waals surface area contributed by atoms with Crippen LogP contribution in [0.3, 0.4) is 0 Å². The summed E-state index contributed by atoms with van der Waals surface area (Å²) >= 11 is 0. The zero-order chi connectivity index (χ0) is 26.1. The van der Waals surface area contributed by atoms with E-state index in [4.69, 9.17) is 0 Å².